The first kappa shape index (κ1) is 11.4. The lowest BCUT2D eigenvalue weighted by atomic mass is 10.00. The number of hydrogen-bond acceptors (Lipinski definition) is 2. The molecule has 0 saturated heterocycles. The van der Waals surface area contributed by atoms with Gasteiger partial charge >= 0.3 is 0 Å². The lowest BCUT2D eigenvalue weighted by Crippen LogP contribution is -2.05. The summed E-state index contributed by atoms with van der Waals surface area (Å²) in [5, 5.41) is 10.4. The second-order valence-corrected chi connectivity index (χ2v) is 6.08. The van der Waals surface area contributed by atoms with Gasteiger partial charge in [-0.05, 0) is 18.6 Å². The topological polar surface area (TPSA) is 20.2 Å². The normalized spacial score (nSPS) is 25.9. The second kappa shape index (κ2) is 4.44. The molecule has 15 heavy (non-hydrogen) atoms. The summed E-state index contributed by atoms with van der Waals surface area (Å²) in [6, 6.07) is 3.12. The monoisotopic (exact) mass is 290 g/mol. The van der Waals surface area contributed by atoms with Gasteiger partial charge in [0.1, 0.15) is 5.82 Å². The van der Waals surface area contributed by atoms with Crippen molar-refractivity contribution in [3.8, 4) is 0 Å². The van der Waals surface area contributed by atoms with E-state index in [0.717, 1.165) is 10.0 Å². The van der Waals surface area contributed by atoms with E-state index in [4.69, 9.17) is 0 Å². The van der Waals surface area contributed by atoms with Crippen molar-refractivity contribution >= 4 is 27.7 Å². The molecule has 1 aromatic rings. The van der Waals surface area contributed by atoms with Gasteiger partial charge in [-0.25, -0.2) is 4.39 Å². The molecule has 0 saturated carbocycles. The second-order valence-electron chi connectivity index (χ2n) is 3.79. The van der Waals surface area contributed by atoms with Crippen LogP contribution < -0.4 is 0 Å². The van der Waals surface area contributed by atoms with Crippen LogP contribution in [0.15, 0.2) is 16.6 Å². The number of fused-ring (bicyclic) bond motifs is 1. The van der Waals surface area contributed by atoms with Gasteiger partial charge in [0.25, 0.3) is 0 Å². The molecule has 0 bridgehead atoms. The van der Waals surface area contributed by atoms with Gasteiger partial charge in [-0.15, -0.1) is 0 Å². The molecule has 1 nitrogen and oxygen atoms in total. The standard InChI is InChI=1S/C11H12BrFOS/c1-6-4-10(14)11-7(5-15-6)9(13)3-2-8(11)12/h2-3,6,10,14H,4-5H2,1H3/t6?,10-/m0/s1. The summed E-state index contributed by atoms with van der Waals surface area (Å²) < 4.78 is 14.4. The van der Waals surface area contributed by atoms with E-state index in [1.54, 1.807) is 17.8 Å². The summed E-state index contributed by atoms with van der Waals surface area (Å²) in [5.74, 6) is 0.424. The highest BCUT2D eigenvalue weighted by molar-refractivity contribution is 9.10. The Morgan fingerprint density at radius 2 is 2.27 bits per heavy atom. The number of aliphatic hydroxyl groups is 1. The van der Waals surface area contributed by atoms with Crippen molar-refractivity contribution in [3.05, 3.63) is 33.5 Å². The molecule has 1 unspecified atom stereocenters. The van der Waals surface area contributed by atoms with E-state index >= 15 is 0 Å². The van der Waals surface area contributed by atoms with Crippen LogP contribution in [0.4, 0.5) is 4.39 Å². The number of halogens is 2. The smallest absolute Gasteiger partial charge is 0.127 e. The Kier molecular flexibility index (Phi) is 3.38. The van der Waals surface area contributed by atoms with Crippen molar-refractivity contribution in [2.45, 2.75) is 30.5 Å². The van der Waals surface area contributed by atoms with E-state index in [1.165, 1.54) is 6.07 Å². The Bertz CT molecular complexity index is 383. The summed E-state index contributed by atoms with van der Waals surface area (Å²) in [4.78, 5) is 0. The molecule has 0 fully saturated rings. The van der Waals surface area contributed by atoms with Crippen LogP contribution in [0.3, 0.4) is 0 Å². The average Bonchev–Trinajstić information content (AvgIpc) is 2.32. The summed E-state index contributed by atoms with van der Waals surface area (Å²) in [7, 11) is 0. The predicted octanol–water partition coefficient (Wildman–Crippen LogP) is 3.65. The number of rotatable bonds is 0. The van der Waals surface area contributed by atoms with Gasteiger partial charge in [0.05, 0.1) is 6.10 Å². The maximum Gasteiger partial charge on any atom is 0.127 e. The predicted molar refractivity (Wildman–Crippen MR) is 64.4 cm³/mol. The summed E-state index contributed by atoms with van der Waals surface area (Å²) in [6.45, 7) is 2.06. The van der Waals surface area contributed by atoms with Gasteiger partial charge in [-0.2, -0.15) is 11.8 Å². The minimum Gasteiger partial charge on any atom is -0.388 e. The molecule has 4 heteroatoms. The fourth-order valence-electron chi connectivity index (χ4n) is 1.84. The number of thioether (sulfide) groups is 1. The minimum absolute atomic E-state index is 0.214. The Morgan fingerprint density at radius 3 is 3.00 bits per heavy atom. The molecular weight excluding hydrogens is 279 g/mol. The van der Waals surface area contributed by atoms with E-state index in [-0.39, 0.29) is 5.82 Å². The molecule has 0 spiro atoms. The van der Waals surface area contributed by atoms with Gasteiger partial charge in [0, 0.05) is 26.6 Å². The molecule has 2 rings (SSSR count). The van der Waals surface area contributed by atoms with E-state index in [2.05, 4.69) is 22.9 Å². The van der Waals surface area contributed by atoms with E-state index in [1.807, 2.05) is 0 Å². The molecule has 82 valence electrons. The van der Waals surface area contributed by atoms with Crippen molar-refractivity contribution in [1.82, 2.24) is 0 Å². The lowest BCUT2D eigenvalue weighted by molar-refractivity contribution is 0.167. The lowest BCUT2D eigenvalue weighted by Gasteiger charge is -2.14. The third-order valence-corrected chi connectivity index (χ3v) is 4.56. The van der Waals surface area contributed by atoms with Crippen molar-refractivity contribution < 1.29 is 9.50 Å². The Morgan fingerprint density at radius 1 is 1.53 bits per heavy atom. The Balaban J connectivity index is 2.52. The zero-order chi connectivity index (χ0) is 11.0. The third kappa shape index (κ3) is 2.22. The zero-order valence-electron chi connectivity index (χ0n) is 8.34. The highest BCUT2D eigenvalue weighted by Crippen LogP contribution is 2.39. The molecule has 1 heterocycles. The van der Waals surface area contributed by atoms with Crippen molar-refractivity contribution in [2.24, 2.45) is 0 Å². The maximum absolute atomic E-state index is 13.6. The van der Waals surface area contributed by atoms with Crippen LogP contribution in [0, 0.1) is 5.82 Å². The molecule has 1 aromatic carbocycles. The van der Waals surface area contributed by atoms with E-state index < -0.39 is 6.10 Å². The molecule has 0 radical (unpaired) electrons. The minimum atomic E-state index is -0.560. The maximum atomic E-state index is 13.6. The largest absolute Gasteiger partial charge is 0.388 e. The SMILES string of the molecule is CC1C[C@H](O)c2c(Br)ccc(F)c2CS1. The van der Waals surface area contributed by atoms with Crippen LogP contribution in [-0.2, 0) is 5.75 Å². The molecule has 0 aliphatic carbocycles. The quantitative estimate of drug-likeness (QED) is 0.787. The average molecular weight is 291 g/mol. The molecule has 1 aliphatic rings. The van der Waals surface area contributed by atoms with Gasteiger partial charge in [-0.1, -0.05) is 22.9 Å². The molecule has 2 atom stereocenters. The summed E-state index contributed by atoms with van der Waals surface area (Å²) in [6.07, 6.45) is 0.120. The van der Waals surface area contributed by atoms with Gasteiger partial charge in [-0.3, -0.25) is 0 Å². The Hall–Kier alpha value is -0.0600. The fraction of sp³-hybridized carbons (Fsp3) is 0.455. The molecule has 0 aromatic heterocycles. The van der Waals surface area contributed by atoms with Crippen LogP contribution in [0.1, 0.15) is 30.6 Å². The first-order valence-corrected chi connectivity index (χ1v) is 6.70. The molecule has 0 amide bonds. The van der Waals surface area contributed by atoms with E-state index in [9.17, 15) is 9.50 Å². The zero-order valence-corrected chi connectivity index (χ0v) is 10.7. The van der Waals surface area contributed by atoms with Crippen molar-refractivity contribution in [1.29, 1.82) is 0 Å². The summed E-state index contributed by atoms with van der Waals surface area (Å²) in [5.41, 5.74) is 1.37. The van der Waals surface area contributed by atoms with Crippen LogP contribution in [0.5, 0.6) is 0 Å². The van der Waals surface area contributed by atoms with Crippen LogP contribution in [0.2, 0.25) is 0 Å². The number of benzene rings is 1. The Labute approximate surface area is 101 Å². The number of hydrogen-bond donors (Lipinski definition) is 1. The van der Waals surface area contributed by atoms with E-state index in [0.29, 0.717) is 23.0 Å². The highest BCUT2D eigenvalue weighted by atomic mass is 79.9. The van der Waals surface area contributed by atoms with Gasteiger partial charge in [0.15, 0.2) is 0 Å². The first-order chi connectivity index (χ1) is 7.09. The molecular formula is C11H12BrFOS. The number of aliphatic hydroxyl groups excluding tert-OH is 1. The fourth-order valence-corrected chi connectivity index (χ4v) is 3.54. The first-order valence-electron chi connectivity index (χ1n) is 4.86. The van der Waals surface area contributed by atoms with Crippen LogP contribution in [0.25, 0.3) is 0 Å². The van der Waals surface area contributed by atoms with Crippen LogP contribution >= 0.6 is 27.7 Å². The molecule has 1 aliphatic heterocycles. The highest BCUT2D eigenvalue weighted by Gasteiger charge is 2.25. The molecule has 1 N–H and O–H groups in total. The van der Waals surface area contributed by atoms with Crippen molar-refractivity contribution in [2.75, 3.05) is 0 Å². The van der Waals surface area contributed by atoms with Gasteiger partial charge < -0.3 is 5.11 Å². The van der Waals surface area contributed by atoms with Crippen LogP contribution in [-0.4, -0.2) is 10.4 Å². The summed E-state index contributed by atoms with van der Waals surface area (Å²) >= 11 is 5.06. The van der Waals surface area contributed by atoms with Crippen molar-refractivity contribution in [3.63, 3.8) is 0 Å². The third-order valence-electron chi connectivity index (χ3n) is 2.65. The van der Waals surface area contributed by atoms with Gasteiger partial charge in [0.2, 0.25) is 0 Å².